The first-order valence-corrected chi connectivity index (χ1v) is 5.08. The van der Waals surface area contributed by atoms with Crippen LogP contribution in [0, 0.1) is 5.41 Å². The molecule has 86 valence electrons. The van der Waals surface area contributed by atoms with Crippen LogP contribution in [-0.4, -0.2) is 17.7 Å². The number of rotatable bonds is 4. The summed E-state index contributed by atoms with van der Waals surface area (Å²) in [5.41, 5.74) is -0.763. The molecule has 0 unspecified atom stereocenters. The van der Waals surface area contributed by atoms with Crippen molar-refractivity contribution in [1.82, 2.24) is 0 Å². The predicted molar refractivity (Wildman–Crippen MR) is 55.1 cm³/mol. The molecule has 0 aliphatic carbocycles. The van der Waals surface area contributed by atoms with Gasteiger partial charge in [-0.2, -0.15) is 0 Å². The fourth-order valence-corrected chi connectivity index (χ4v) is 0.734. The van der Waals surface area contributed by atoms with Crippen LogP contribution in [0.2, 0.25) is 0 Å². The van der Waals surface area contributed by atoms with Crippen molar-refractivity contribution in [3.8, 4) is 0 Å². The lowest BCUT2D eigenvalue weighted by molar-refractivity contribution is -0.169. The number of carbonyl (C=O) groups is 3. The molecule has 0 atom stereocenters. The number of ether oxygens (including phenoxy) is 1. The van der Waals surface area contributed by atoms with E-state index in [4.69, 9.17) is 0 Å². The van der Waals surface area contributed by atoms with Crippen LogP contribution in [0.1, 0.15) is 47.0 Å². The third kappa shape index (κ3) is 5.30. The van der Waals surface area contributed by atoms with Crippen molar-refractivity contribution in [2.24, 2.45) is 5.41 Å². The zero-order valence-electron chi connectivity index (χ0n) is 9.75. The van der Waals surface area contributed by atoms with Crippen LogP contribution in [0.4, 0.5) is 0 Å². The van der Waals surface area contributed by atoms with Crippen molar-refractivity contribution in [3.63, 3.8) is 0 Å². The van der Waals surface area contributed by atoms with Crippen LogP contribution in [-0.2, 0) is 19.1 Å². The minimum absolute atomic E-state index is 0.146. The summed E-state index contributed by atoms with van der Waals surface area (Å²) in [6.45, 7) is 6.79. The standard InChI is InChI=1S/C11H18O4/c1-5-6-7-8(12)9(13)15-10(14)11(2,3)4/h5-7H2,1-4H3. The Hall–Kier alpha value is -1.19. The Morgan fingerprint density at radius 1 is 1.13 bits per heavy atom. The Labute approximate surface area is 90.0 Å². The van der Waals surface area contributed by atoms with E-state index >= 15 is 0 Å². The zero-order valence-corrected chi connectivity index (χ0v) is 9.75. The molecule has 0 rings (SSSR count). The normalized spacial score (nSPS) is 10.9. The Bertz CT molecular complexity index is 260. The number of hydrogen-bond donors (Lipinski definition) is 0. The number of Topliss-reactive ketones (excluding diaryl/α,β-unsaturated/α-hetero) is 1. The van der Waals surface area contributed by atoms with Crippen LogP contribution in [0.5, 0.6) is 0 Å². The minimum atomic E-state index is -1.04. The predicted octanol–water partition coefficient (Wildman–Crippen LogP) is 1.86. The maximum absolute atomic E-state index is 11.3. The molecule has 0 bridgehead atoms. The van der Waals surface area contributed by atoms with Gasteiger partial charge < -0.3 is 4.74 Å². The highest BCUT2D eigenvalue weighted by atomic mass is 16.6. The molecule has 0 spiro atoms. The summed E-state index contributed by atoms with van der Waals surface area (Å²) in [6.07, 6.45) is 1.61. The Morgan fingerprint density at radius 3 is 2.07 bits per heavy atom. The molecule has 0 aromatic heterocycles. The zero-order chi connectivity index (χ0) is 12.1. The molecule has 0 radical (unpaired) electrons. The number of ketones is 1. The third-order valence-electron chi connectivity index (χ3n) is 1.78. The maximum atomic E-state index is 11.3. The largest absolute Gasteiger partial charge is 0.387 e. The minimum Gasteiger partial charge on any atom is -0.387 e. The van der Waals surface area contributed by atoms with Gasteiger partial charge in [-0.15, -0.1) is 0 Å². The highest BCUT2D eigenvalue weighted by Crippen LogP contribution is 2.15. The summed E-state index contributed by atoms with van der Waals surface area (Å²) in [5.74, 6) is -2.34. The summed E-state index contributed by atoms with van der Waals surface area (Å²) in [7, 11) is 0. The SMILES string of the molecule is CCCCC(=O)C(=O)OC(=O)C(C)(C)C. The summed E-state index contributed by atoms with van der Waals surface area (Å²) in [4.78, 5) is 33.5. The summed E-state index contributed by atoms with van der Waals surface area (Å²) in [5, 5.41) is 0. The van der Waals surface area contributed by atoms with Crippen LogP contribution in [0.15, 0.2) is 0 Å². The first-order chi connectivity index (χ1) is 6.79. The molecular weight excluding hydrogens is 196 g/mol. The second-order valence-corrected chi connectivity index (χ2v) is 4.45. The highest BCUT2D eigenvalue weighted by molar-refractivity contribution is 6.35. The van der Waals surface area contributed by atoms with Crippen LogP contribution in [0.3, 0.4) is 0 Å². The second-order valence-electron chi connectivity index (χ2n) is 4.45. The van der Waals surface area contributed by atoms with Crippen molar-refractivity contribution in [2.75, 3.05) is 0 Å². The summed E-state index contributed by atoms with van der Waals surface area (Å²) < 4.78 is 4.45. The van der Waals surface area contributed by atoms with Gasteiger partial charge in [0.25, 0.3) is 0 Å². The second kappa shape index (κ2) is 5.63. The molecule has 0 aliphatic heterocycles. The molecule has 15 heavy (non-hydrogen) atoms. The quantitative estimate of drug-likeness (QED) is 0.407. The van der Waals surface area contributed by atoms with E-state index in [1.165, 1.54) is 0 Å². The number of esters is 2. The van der Waals surface area contributed by atoms with Gasteiger partial charge in [-0.05, 0) is 27.2 Å². The molecule has 0 N–H and O–H groups in total. The first-order valence-electron chi connectivity index (χ1n) is 5.08. The summed E-state index contributed by atoms with van der Waals surface area (Å²) >= 11 is 0. The molecular formula is C11H18O4. The van der Waals surface area contributed by atoms with Crippen molar-refractivity contribution in [2.45, 2.75) is 47.0 Å². The lowest BCUT2D eigenvalue weighted by Crippen LogP contribution is -2.29. The van der Waals surface area contributed by atoms with Crippen molar-refractivity contribution in [1.29, 1.82) is 0 Å². The fourth-order valence-electron chi connectivity index (χ4n) is 0.734. The van der Waals surface area contributed by atoms with E-state index in [0.29, 0.717) is 6.42 Å². The van der Waals surface area contributed by atoms with Gasteiger partial charge in [-0.3, -0.25) is 9.59 Å². The van der Waals surface area contributed by atoms with Gasteiger partial charge in [-0.25, -0.2) is 4.79 Å². The molecule has 0 saturated carbocycles. The van der Waals surface area contributed by atoms with Gasteiger partial charge in [0, 0.05) is 6.42 Å². The molecule has 0 aromatic carbocycles. The first kappa shape index (κ1) is 13.8. The number of unbranched alkanes of at least 4 members (excludes halogenated alkanes) is 1. The monoisotopic (exact) mass is 214 g/mol. The van der Waals surface area contributed by atoms with Crippen LogP contribution < -0.4 is 0 Å². The lowest BCUT2D eigenvalue weighted by atomic mass is 9.97. The van der Waals surface area contributed by atoms with Gasteiger partial charge in [0.15, 0.2) is 0 Å². The van der Waals surface area contributed by atoms with E-state index in [0.717, 1.165) is 6.42 Å². The van der Waals surface area contributed by atoms with E-state index in [-0.39, 0.29) is 6.42 Å². The highest BCUT2D eigenvalue weighted by Gasteiger charge is 2.28. The molecule has 0 aromatic rings. The van der Waals surface area contributed by atoms with E-state index in [1.807, 2.05) is 6.92 Å². The van der Waals surface area contributed by atoms with Gasteiger partial charge >= 0.3 is 11.9 Å². The van der Waals surface area contributed by atoms with E-state index in [2.05, 4.69) is 4.74 Å². The molecule has 0 heterocycles. The van der Waals surface area contributed by atoms with Gasteiger partial charge in [-0.1, -0.05) is 13.3 Å². The van der Waals surface area contributed by atoms with Gasteiger partial charge in [0.2, 0.25) is 5.78 Å². The van der Waals surface area contributed by atoms with Crippen LogP contribution >= 0.6 is 0 Å². The molecule has 4 heteroatoms. The molecule has 0 saturated heterocycles. The van der Waals surface area contributed by atoms with Crippen LogP contribution in [0.25, 0.3) is 0 Å². The Kier molecular flexibility index (Phi) is 5.19. The summed E-state index contributed by atoms with van der Waals surface area (Å²) in [6, 6.07) is 0. The number of hydrogen-bond acceptors (Lipinski definition) is 4. The maximum Gasteiger partial charge on any atom is 0.382 e. The van der Waals surface area contributed by atoms with E-state index in [9.17, 15) is 14.4 Å². The van der Waals surface area contributed by atoms with E-state index in [1.54, 1.807) is 20.8 Å². The van der Waals surface area contributed by atoms with E-state index < -0.39 is 23.1 Å². The van der Waals surface area contributed by atoms with Gasteiger partial charge in [0.05, 0.1) is 5.41 Å². The van der Waals surface area contributed by atoms with Gasteiger partial charge in [0.1, 0.15) is 0 Å². The lowest BCUT2D eigenvalue weighted by Gasteiger charge is -2.14. The average Bonchev–Trinajstić information content (AvgIpc) is 2.12. The number of carbonyl (C=O) groups excluding carboxylic acids is 3. The third-order valence-corrected chi connectivity index (χ3v) is 1.78. The van der Waals surface area contributed by atoms with Crippen molar-refractivity contribution in [3.05, 3.63) is 0 Å². The van der Waals surface area contributed by atoms with Crippen molar-refractivity contribution < 1.29 is 19.1 Å². The molecule has 0 amide bonds. The van der Waals surface area contributed by atoms with Crippen molar-refractivity contribution >= 4 is 17.7 Å². The Balaban J connectivity index is 4.14. The average molecular weight is 214 g/mol. The molecule has 0 aliphatic rings. The topological polar surface area (TPSA) is 60.4 Å². The molecule has 0 fully saturated rings. The molecule has 4 nitrogen and oxygen atoms in total. The smallest absolute Gasteiger partial charge is 0.382 e. The Morgan fingerprint density at radius 2 is 1.67 bits per heavy atom. The fraction of sp³-hybridized carbons (Fsp3) is 0.727.